The second-order valence-corrected chi connectivity index (χ2v) is 9.42. The number of hydrogen-bond acceptors (Lipinski definition) is 6. The number of aliphatic hydroxyl groups excluding tert-OH is 1. The summed E-state index contributed by atoms with van der Waals surface area (Å²) in [5, 5.41) is 9.63. The van der Waals surface area contributed by atoms with Crippen LogP contribution in [0.15, 0.2) is 57.7 Å². The lowest BCUT2D eigenvalue weighted by molar-refractivity contribution is 0.156. The number of ether oxygens (including phenoxy) is 2. The van der Waals surface area contributed by atoms with Crippen molar-refractivity contribution in [3.63, 3.8) is 0 Å². The Balaban J connectivity index is 1.22. The van der Waals surface area contributed by atoms with Crippen LogP contribution in [0.25, 0.3) is 22.3 Å². The van der Waals surface area contributed by atoms with Gasteiger partial charge in [0.05, 0.1) is 19.1 Å². The van der Waals surface area contributed by atoms with Gasteiger partial charge in [-0.3, -0.25) is 4.79 Å². The fraction of sp³-hybridized carbons (Fsp3) is 0.483. The van der Waals surface area contributed by atoms with Crippen molar-refractivity contribution in [1.82, 2.24) is 4.90 Å². The number of likely N-dealkylation sites (tertiary alicyclic amines) is 1. The Morgan fingerprint density at radius 3 is 2.46 bits per heavy atom. The smallest absolute Gasteiger partial charge is 0.193 e. The van der Waals surface area contributed by atoms with Crippen molar-refractivity contribution >= 4 is 11.0 Å². The Bertz CT molecular complexity index is 1120. The fourth-order valence-electron chi connectivity index (χ4n) is 4.79. The summed E-state index contributed by atoms with van der Waals surface area (Å²) in [6, 6.07) is 14.4. The van der Waals surface area contributed by atoms with Crippen molar-refractivity contribution in [2.75, 3.05) is 40.0 Å². The predicted molar refractivity (Wildman–Crippen MR) is 139 cm³/mol. The molecule has 0 aliphatic carbocycles. The van der Waals surface area contributed by atoms with Crippen molar-refractivity contribution in [3.8, 4) is 22.8 Å². The van der Waals surface area contributed by atoms with E-state index in [1.807, 2.05) is 36.4 Å². The molecule has 0 unspecified atom stereocenters. The minimum Gasteiger partial charge on any atom is -0.497 e. The van der Waals surface area contributed by atoms with E-state index < -0.39 is 0 Å². The molecule has 0 spiro atoms. The van der Waals surface area contributed by atoms with Crippen LogP contribution in [0.3, 0.4) is 0 Å². The van der Waals surface area contributed by atoms with Gasteiger partial charge in [0.2, 0.25) is 0 Å². The second-order valence-electron chi connectivity index (χ2n) is 9.42. The molecule has 0 amide bonds. The lowest BCUT2D eigenvalue weighted by Crippen LogP contribution is -2.34. The van der Waals surface area contributed by atoms with Gasteiger partial charge in [-0.15, -0.1) is 0 Å². The van der Waals surface area contributed by atoms with Gasteiger partial charge in [0.25, 0.3) is 0 Å². The largest absolute Gasteiger partial charge is 0.497 e. The summed E-state index contributed by atoms with van der Waals surface area (Å²) in [5.41, 5.74) is 1.29. The molecule has 1 fully saturated rings. The van der Waals surface area contributed by atoms with Crippen molar-refractivity contribution in [2.45, 2.75) is 44.9 Å². The van der Waals surface area contributed by atoms with Crippen LogP contribution in [-0.2, 0) is 0 Å². The molecule has 2 aromatic carbocycles. The zero-order valence-electron chi connectivity index (χ0n) is 20.7. The Labute approximate surface area is 207 Å². The minimum absolute atomic E-state index is 0.0683. The van der Waals surface area contributed by atoms with E-state index in [1.54, 1.807) is 13.2 Å². The molecule has 0 radical (unpaired) electrons. The molecule has 1 N–H and O–H groups in total. The van der Waals surface area contributed by atoms with Crippen LogP contribution in [0, 0.1) is 5.92 Å². The summed E-state index contributed by atoms with van der Waals surface area (Å²) in [7, 11) is 1.62. The number of aliphatic hydroxyl groups is 1. The molecular weight excluding hydrogens is 442 g/mol. The molecule has 1 saturated heterocycles. The first-order valence-electron chi connectivity index (χ1n) is 12.8. The van der Waals surface area contributed by atoms with Crippen LogP contribution in [0.4, 0.5) is 0 Å². The zero-order chi connectivity index (χ0) is 24.5. The number of rotatable bonds is 12. The normalized spacial score (nSPS) is 14.9. The predicted octanol–water partition coefficient (Wildman–Crippen LogP) is 5.50. The van der Waals surface area contributed by atoms with Gasteiger partial charge in [0.15, 0.2) is 5.43 Å². The van der Waals surface area contributed by atoms with Gasteiger partial charge in [-0.25, -0.2) is 0 Å². The summed E-state index contributed by atoms with van der Waals surface area (Å²) in [4.78, 5) is 15.2. The van der Waals surface area contributed by atoms with E-state index in [4.69, 9.17) is 19.0 Å². The van der Waals surface area contributed by atoms with Crippen molar-refractivity contribution < 1.29 is 19.0 Å². The highest BCUT2D eigenvalue weighted by Gasteiger charge is 2.18. The lowest BCUT2D eigenvalue weighted by atomic mass is 9.94. The van der Waals surface area contributed by atoms with Gasteiger partial charge < -0.3 is 23.9 Å². The quantitative estimate of drug-likeness (QED) is 0.346. The molecule has 1 aromatic heterocycles. The molecule has 3 aromatic rings. The molecule has 1 aliphatic heterocycles. The molecule has 0 saturated carbocycles. The standard InChI is InChI=1S/C29H37NO5/c1-33-24-8-6-23(7-9-24)28-21-27(32)26-11-10-25(20-29(26)35-28)34-19-5-3-2-4-15-30-16-12-22(13-17-30)14-18-31/h6-11,20-22,31H,2-5,12-19H2,1H3. The molecule has 6 heteroatoms. The van der Waals surface area contributed by atoms with Gasteiger partial charge in [-0.05, 0) is 94.1 Å². The Morgan fingerprint density at radius 1 is 0.971 bits per heavy atom. The number of unbranched alkanes of at least 4 members (excludes halogenated alkanes) is 3. The molecule has 0 atom stereocenters. The van der Waals surface area contributed by atoms with Gasteiger partial charge >= 0.3 is 0 Å². The molecular formula is C29H37NO5. The van der Waals surface area contributed by atoms with Crippen LogP contribution in [0.2, 0.25) is 0 Å². The Kier molecular flexibility index (Phi) is 9.21. The van der Waals surface area contributed by atoms with Gasteiger partial charge in [-0.2, -0.15) is 0 Å². The maximum Gasteiger partial charge on any atom is 0.193 e. The van der Waals surface area contributed by atoms with E-state index in [9.17, 15) is 4.79 Å². The summed E-state index contributed by atoms with van der Waals surface area (Å²) in [5.74, 6) is 2.72. The molecule has 6 nitrogen and oxygen atoms in total. The molecule has 188 valence electrons. The topological polar surface area (TPSA) is 72.1 Å². The van der Waals surface area contributed by atoms with Crippen molar-refractivity contribution in [1.29, 1.82) is 0 Å². The first kappa shape index (κ1) is 25.3. The average molecular weight is 480 g/mol. The van der Waals surface area contributed by atoms with E-state index in [2.05, 4.69) is 4.90 Å². The fourth-order valence-corrected chi connectivity index (χ4v) is 4.79. The Morgan fingerprint density at radius 2 is 1.71 bits per heavy atom. The third-order valence-electron chi connectivity index (χ3n) is 6.96. The highest BCUT2D eigenvalue weighted by molar-refractivity contribution is 5.80. The van der Waals surface area contributed by atoms with Crippen molar-refractivity contribution in [2.24, 2.45) is 5.92 Å². The summed E-state index contributed by atoms with van der Waals surface area (Å²) in [6.45, 7) is 4.50. The van der Waals surface area contributed by atoms with Gasteiger partial charge in [0.1, 0.15) is 22.8 Å². The number of hydrogen-bond donors (Lipinski definition) is 1. The summed E-state index contributed by atoms with van der Waals surface area (Å²) in [6.07, 6.45) is 7.99. The molecule has 1 aliphatic rings. The summed E-state index contributed by atoms with van der Waals surface area (Å²) < 4.78 is 17.2. The average Bonchev–Trinajstić information content (AvgIpc) is 2.89. The third-order valence-corrected chi connectivity index (χ3v) is 6.96. The second kappa shape index (κ2) is 12.8. The lowest BCUT2D eigenvalue weighted by Gasteiger charge is -2.31. The number of methoxy groups -OCH3 is 1. The van der Waals surface area contributed by atoms with Crippen LogP contribution in [0.5, 0.6) is 11.5 Å². The van der Waals surface area contributed by atoms with Gasteiger partial charge in [0, 0.05) is 24.3 Å². The Hall–Kier alpha value is -2.83. The van der Waals surface area contributed by atoms with Gasteiger partial charge in [-0.1, -0.05) is 12.8 Å². The van der Waals surface area contributed by atoms with Crippen LogP contribution in [-0.4, -0.2) is 50.0 Å². The van der Waals surface area contributed by atoms with E-state index in [0.717, 1.165) is 36.3 Å². The molecule has 0 bridgehead atoms. The monoisotopic (exact) mass is 479 g/mol. The van der Waals surface area contributed by atoms with Crippen LogP contribution >= 0.6 is 0 Å². The first-order chi connectivity index (χ1) is 17.2. The number of benzene rings is 2. The molecule has 2 heterocycles. The number of nitrogens with zero attached hydrogens (tertiary/aromatic N) is 1. The zero-order valence-corrected chi connectivity index (χ0v) is 20.7. The number of fused-ring (bicyclic) bond motifs is 1. The molecule has 4 rings (SSSR count). The van der Waals surface area contributed by atoms with Crippen molar-refractivity contribution in [3.05, 3.63) is 58.8 Å². The third kappa shape index (κ3) is 7.09. The highest BCUT2D eigenvalue weighted by Crippen LogP contribution is 2.26. The highest BCUT2D eigenvalue weighted by atomic mass is 16.5. The van der Waals surface area contributed by atoms with E-state index >= 15 is 0 Å². The summed E-state index contributed by atoms with van der Waals surface area (Å²) >= 11 is 0. The number of piperidine rings is 1. The SMILES string of the molecule is COc1ccc(-c2cc(=O)c3ccc(OCCCCCCN4CCC(CCO)CC4)cc3o2)cc1. The first-order valence-corrected chi connectivity index (χ1v) is 12.8. The molecule has 35 heavy (non-hydrogen) atoms. The van der Waals surface area contributed by atoms with E-state index in [1.165, 1.54) is 51.4 Å². The van der Waals surface area contributed by atoms with E-state index in [-0.39, 0.29) is 5.43 Å². The minimum atomic E-state index is -0.0683. The maximum absolute atomic E-state index is 12.6. The maximum atomic E-state index is 12.6. The van der Waals surface area contributed by atoms with Crippen LogP contribution < -0.4 is 14.9 Å². The van der Waals surface area contributed by atoms with Crippen LogP contribution in [0.1, 0.15) is 44.9 Å². The van der Waals surface area contributed by atoms with E-state index in [0.29, 0.717) is 35.9 Å².